The minimum atomic E-state index is -0.435. The first kappa shape index (κ1) is 31.1. The highest BCUT2D eigenvalue weighted by atomic mass is 15.1. The molecule has 1 saturated heterocycles. The molecule has 2 unspecified atom stereocenters. The second kappa shape index (κ2) is 7.41. The predicted octanol–water partition coefficient (Wildman–Crippen LogP) is 18.7. The van der Waals surface area contributed by atoms with Gasteiger partial charge >= 0.3 is 0 Å². The van der Waals surface area contributed by atoms with E-state index in [0.717, 1.165) is 6.42 Å². The van der Waals surface area contributed by atoms with E-state index < -0.39 is 10.8 Å². The third-order valence-corrected chi connectivity index (χ3v) is 27.7. The summed E-state index contributed by atoms with van der Waals surface area (Å²) >= 11 is 0. The highest BCUT2D eigenvalue weighted by molar-refractivity contribution is 6.82. The summed E-state index contributed by atoms with van der Waals surface area (Å²) < 4.78 is 0. The van der Waals surface area contributed by atoms with Crippen molar-refractivity contribution in [3.05, 3.63) is 82.2 Å². The van der Waals surface area contributed by atoms with E-state index in [1.165, 1.54) is 16.8 Å². The summed E-state index contributed by atoms with van der Waals surface area (Å²) in [5.74, 6) is 0. The fourth-order valence-electron chi connectivity index (χ4n) is 27.2. The van der Waals surface area contributed by atoms with Crippen molar-refractivity contribution in [2.45, 2.75) is 29.3 Å². The number of aromatic nitrogens is 1. The van der Waals surface area contributed by atoms with Crippen LogP contribution in [0.2, 0.25) is 0 Å². The lowest BCUT2D eigenvalue weighted by Crippen LogP contribution is -2.55. The number of nitrogens with zero attached hydrogens (tertiary/aromatic N) is 2. The first-order valence-electron chi connectivity index (χ1n) is 29.4. The Kier molecular flexibility index (Phi) is 2.92. The maximum atomic E-state index is 4.95. The average molecular weight is 974 g/mol. The van der Waals surface area contributed by atoms with Crippen molar-refractivity contribution in [1.82, 2.24) is 10.3 Å². The summed E-state index contributed by atoms with van der Waals surface area (Å²) in [4.78, 5) is 6.99. The monoisotopic (exact) mass is 973 g/mol. The van der Waals surface area contributed by atoms with E-state index in [0.29, 0.717) is 0 Å². The highest BCUT2D eigenvalue weighted by Crippen LogP contribution is 2.87. The van der Waals surface area contributed by atoms with E-state index in [1.807, 2.05) is 0 Å². The molecule has 29 aromatic carbocycles. The molecule has 2 spiro atoms. The van der Waals surface area contributed by atoms with Crippen molar-refractivity contribution in [1.29, 1.82) is 0 Å². The molecule has 1 N–H and O–H groups in total. The summed E-state index contributed by atoms with van der Waals surface area (Å²) in [5, 5.41) is 94.3. The van der Waals surface area contributed by atoms with Crippen molar-refractivity contribution in [3.8, 4) is 0 Å². The largest absolute Gasteiger partial charge is 0.378 e. The molecule has 0 radical (unpaired) electrons. The number of nitrogens with one attached hydrogen (secondary N) is 1. The van der Waals surface area contributed by atoms with Gasteiger partial charge in [-0.05, 0) is 355 Å². The van der Waals surface area contributed by atoms with Crippen LogP contribution in [0.25, 0.3) is 291 Å². The van der Waals surface area contributed by atoms with E-state index in [4.69, 9.17) is 10.3 Å². The van der Waals surface area contributed by atoms with Gasteiger partial charge in [-0.2, -0.15) is 0 Å². The smallest absolute Gasteiger partial charge is 0.0575 e. The van der Waals surface area contributed by atoms with E-state index in [-0.39, 0.29) is 12.1 Å². The SMILES string of the molecule is CN(C)c1ccc(C2NC(Cc3ccncc3)C34c5c6c7c8c9c%10c(c%11c%12c3c3c5c5c%13c6c6c7c7c9c9c%14c%10c%10c%11c%11c%12c%12c3c3c5c5c%13c%13c6c6c7c9c7c9c%14c%10c%10c%11c%11c%12c3c3c5c5c%13c6c7c6c9c%10c%11c3c56)C824)cc1. The molecule has 3 nitrogen and oxygen atoms in total. The summed E-state index contributed by atoms with van der Waals surface area (Å²) in [7, 11) is 4.42. The van der Waals surface area contributed by atoms with Crippen molar-refractivity contribution in [2.75, 3.05) is 19.0 Å². The molecule has 1 fully saturated rings. The van der Waals surface area contributed by atoms with Gasteiger partial charge < -0.3 is 10.2 Å². The second-order valence-corrected chi connectivity index (χ2v) is 28.6. The molecule has 79 heavy (non-hydrogen) atoms. The molecule has 5 aliphatic rings. The van der Waals surface area contributed by atoms with Gasteiger partial charge in [-0.15, -0.1) is 0 Å². The summed E-state index contributed by atoms with van der Waals surface area (Å²) in [5.41, 5.74) is 10.2. The van der Waals surface area contributed by atoms with Gasteiger partial charge in [0.05, 0.1) is 10.8 Å². The standard InChI is InChI=1S/C76H19N3/c1-79(2)14-5-3-13(4-6-14)74-76-72-66-60-50-42-32-24-20-17-16-18-22(24)30-38(32)52(60)58-48-40(30)34-26(18)27-19(16)23-25-21(17)29-28(20)36(42)46-47-37(29)43-33(25)39-31(23)41-35(27)45-44(34)54(48)62-63-55(45)49(41)59-53(39)61-51(43)57(47)69(68(72)56(46)50)73(76)67(61)65(59)71(63)75(76,70(62)64(58)66)15(78-74)11-12-7-9-77-10-8-12/h3-10,15,74,78H,11H2,1-2H3. The Morgan fingerprint density at radius 1 is 0.304 bits per heavy atom. The Morgan fingerprint density at radius 3 is 0.772 bits per heavy atom. The van der Waals surface area contributed by atoms with Crippen molar-refractivity contribution < 1.29 is 0 Å². The molecular formula is C76H19N3. The molecule has 30 aromatic rings. The van der Waals surface area contributed by atoms with Crippen LogP contribution in [0.4, 0.5) is 5.69 Å². The van der Waals surface area contributed by atoms with Crippen LogP contribution in [0.1, 0.15) is 39.4 Å². The first-order chi connectivity index (χ1) is 39.2. The van der Waals surface area contributed by atoms with E-state index >= 15 is 0 Å². The Morgan fingerprint density at radius 2 is 0.532 bits per heavy atom. The molecule has 3 heteroatoms. The number of pyridine rings is 1. The zero-order valence-corrected chi connectivity index (χ0v) is 41.4. The normalized spacial score (nSPS) is 23.2. The molecule has 338 valence electrons. The number of hydrogen-bond donors (Lipinski definition) is 1. The average Bonchev–Trinajstić information content (AvgIpc) is 1.42. The summed E-state index contributed by atoms with van der Waals surface area (Å²) in [6.07, 6.45) is 5.08. The van der Waals surface area contributed by atoms with Crippen LogP contribution in [0, 0.1) is 0 Å². The van der Waals surface area contributed by atoms with Gasteiger partial charge in [-0.3, -0.25) is 4.98 Å². The summed E-state index contributed by atoms with van der Waals surface area (Å²) in [6.45, 7) is 0. The van der Waals surface area contributed by atoms with Gasteiger partial charge in [-0.1, -0.05) is 12.1 Å². The molecule has 1 aliphatic heterocycles. The predicted molar refractivity (Wildman–Crippen MR) is 332 cm³/mol. The molecule has 1 aromatic heterocycles. The van der Waals surface area contributed by atoms with Gasteiger partial charge in [0.15, 0.2) is 0 Å². The molecule has 35 rings (SSSR count). The van der Waals surface area contributed by atoms with Crippen LogP contribution < -0.4 is 10.2 Å². The molecule has 2 heterocycles. The lowest BCUT2D eigenvalue weighted by atomic mass is 9.45. The van der Waals surface area contributed by atoms with Crippen LogP contribution in [0.15, 0.2) is 48.8 Å². The number of benzene rings is 19. The minimum absolute atomic E-state index is 0.0197. The molecular weight excluding hydrogens is 955 g/mol. The van der Waals surface area contributed by atoms with Crippen LogP contribution in [0.5, 0.6) is 0 Å². The Labute approximate surface area is 434 Å². The molecule has 4 aliphatic carbocycles. The van der Waals surface area contributed by atoms with Gasteiger partial charge in [0.25, 0.3) is 0 Å². The molecule has 2 atom stereocenters. The Balaban J connectivity index is 1.06. The van der Waals surface area contributed by atoms with E-state index in [9.17, 15) is 0 Å². The lowest BCUT2D eigenvalue weighted by Gasteiger charge is -2.53. The summed E-state index contributed by atoms with van der Waals surface area (Å²) in [6, 6.07) is 14.9. The molecule has 0 saturated carbocycles. The zero-order chi connectivity index (χ0) is 47.7. The highest BCUT2D eigenvalue weighted by Gasteiger charge is 2.77. The third kappa shape index (κ3) is 1.81. The number of hydrogen-bond acceptors (Lipinski definition) is 3. The molecule has 0 amide bonds. The fourth-order valence-corrected chi connectivity index (χ4v) is 27.2. The lowest BCUT2D eigenvalue weighted by molar-refractivity contribution is 0.330. The van der Waals surface area contributed by atoms with Crippen LogP contribution in [-0.2, 0) is 17.3 Å². The third-order valence-electron chi connectivity index (χ3n) is 27.7. The second-order valence-electron chi connectivity index (χ2n) is 28.6. The fraction of sp³-hybridized carbons (Fsp3) is 0.0921. The maximum Gasteiger partial charge on any atom is 0.0575 e. The molecule has 0 bridgehead atoms. The van der Waals surface area contributed by atoms with Gasteiger partial charge in [0, 0.05) is 44.3 Å². The van der Waals surface area contributed by atoms with Crippen LogP contribution >= 0.6 is 0 Å². The van der Waals surface area contributed by atoms with Crippen LogP contribution in [0.3, 0.4) is 0 Å². The zero-order valence-electron chi connectivity index (χ0n) is 41.4. The number of anilines is 1. The van der Waals surface area contributed by atoms with Gasteiger partial charge in [0.1, 0.15) is 0 Å². The quantitative estimate of drug-likeness (QED) is 0.178. The minimum Gasteiger partial charge on any atom is -0.378 e. The Hall–Kier alpha value is -9.41. The van der Waals surface area contributed by atoms with E-state index in [1.54, 1.807) is 313 Å². The number of rotatable bonds is 4. The first-order valence-corrected chi connectivity index (χ1v) is 29.4. The van der Waals surface area contributed by atoms with Crippen LogP contribution in [-0.4, -0.2) is 25.1 Å². The maximum absolute atomic E-state index is 4.95. The Bertz CT molecular complexity index is 7680. The van der Waals surface area contributed by atoms with Gasteiger partial charge in [-0.25, -0.2) is 0 Å². The van der Waals surface area contributed by atoms with Crippen molar-refractivity contribution >= 4 is 297 Å². The van der Waals surface area contributed by atoms with Gasteiger partial charge in [0.2, 0.25) is 0 Å². The van der Waals surface area contributed by atoms with Crippen molar-refractivity contribution in [3.63, 3.8) is 0 Å². The van der Waals surface area contributed by atoms with E-state index in [2.05, 4.69) is 67.8 Å². The van der Waals surface area contributed by atoms with Crippen molar-refractivity contribution in [2.24, 2.45) is 0 Å². The topological polar surface area (TPSA) is 28.2 Å².